The molecule has 0 aromatic heterocycles. The van der Waals surface area contributed by atoms with Crippen molar-refractivity contribution in [1.29, 1.82) is 0 Å². The molecule has 0 spiro atoms. The fraction of sp³-hybridized carbons (Fsp3) is 0.755. The van der Waals surface area contributed by atoms with Crippen LogP contribution in [0.3, 0.4) is 0 Å². The van der Waals surface area contributed by atoms with Gasteiger partial charge in [0.05, 0.1) is 216 Å². The van der Waals surface area contributed by atoms with Crippen LogP contribution in [0, 0.1) is 0 Å². The van der Waals surface area contributed by atoms with E-state index in [2.05, 4.69) is 5.32 Å². The van der Waals surface area contributed by atoms with Crippen LogP contribution in [0.15, 0.2) is 24.3 Å². The summed E-state index contributed by atoms with van der Waals surface area (Å²) in [6, 6.07) is 6.79. The molecule has 0 saturated carbocycles. The third kappa shape index (κ3) is 33.9. The fourth-order valence-corrected chi connectivity index (χ4v) is 6.16. The lowest BCUT2D eigenvalue weighted by Gasteiger charge is -2.34. The molecular formula is C49H80N2O21. The second-order valence-electron chi connectivity index (χ2n) is 15.8. The van der Waals surface area contributed by atoms with Crippen molar-refractivity contribution in [3.05, 3.63) is 35.4 Å². The third-order valence-corrected chi connectivity index (χ3v) is 9.80. The predicted octanol–water partition coefficient (Wildman–Crippen LogP) is 0.934. The second-order valence-corrected chi connectivity index (χ2v) is 15.8. The number of hydrogen-bond donors (Lipinski definition) is 1. The van der Waals surface area contributed by atoms with Crippen molar-refractivity contribution in [2.24, 2.45) is 0 Å². The highest BCUT2D eigenvalue weighted by atomic mass is 16.6. The van der Waals surface area contributed by atoms with E-state index in [1.807, 2.05) is 0 Å². The van der Waals surface area contributed by atoms with Gasteiger partial charge in [0, 0.05) is 25.7 Å². The van der Waals surface area contributed by atoms with Gasteiger partial charge in [-0.25, -0.2) is 0 Å². The van der Waals surface area contributed by atoms with Crippen molar-refractivity contribution in [3.8, 4) is 0 Å². The minimum Gasteiger partial charge on any atom is -0.379 e. The summed E-state index contributed by atoms with van der Waals surface area (Å²) in [4.78, 5) is 71.6. The predicted molar refractivity (Wildman–Crippen MR) is 256 cm³/mol. The van der Waals surface area contributed by atoms with Crippen molar-refractivity contribution in [2.75, 3.05) is 205 Å². The summed E-state index contributed by atoms with van der Waals surface area (Å²) >= 11 is 0. The van der Waals surface area contributed by atoms with Gasteiger partial charge in [-0.05, 0) is 19.1 Å². The summed E-state index contributed by atoms with van der Waals surface area (Å²) in [5.74, 6) is -0.951. The number of ether oxygens (including phenoxy) is 15. The first kappa shape index (κ1) is 64.4. The van der Waals surface area contributed by atoms with Gasteiger partial charge in [0.2, 0.25) is 5.91 Å². The lowest BCUT2D eigenvalue weighted by atomic mass is 10.0. The van der Waals surface area contributed by atoms with Gasteiger partial charge < -0.3 is 86.0 Å². The summed E-state index contributed by atoms with van der Waals surface area (Å²) < 4.78 is 83.0. The first-order chi connectivity index (χ1) is 35.3. The number of ketones is 1. The monoisotopic (exact) mass is 1030 g/mol. The summed E-state index contributed by atoms with van der Waals surface area (Å²) in [6.45, 7) is 11.6. The molecule has 2 rings (SSSR count). The summed E-state index contributed by atoms with van der Waals surface area (Å²) in [6.07, 6.45) is 2.08. The first-order valence-electron chi connectivity index (χ1n) is 24.6. The van der Waals surface area contributed by atoms with E-state index >= 15 is 0 Å². The Hall–Kier alpha value is -3.76. The quantitative estimate of drug-likeness (QED) is 0.0541. The van der Waals surface area contributed by atoms with Crippen LogP contribution in [-0.2, 0) is 90.2 Å². The van der Waals surface area contributed by atoms with E-state index in [9.17, 15) is 28.8 Å². The summed E-state index contributed by atoms with van der Waals surface area (Å²) in [7, 11) is 0. The van der Waals surface area contributed by atoms with Crippen LogP contribution in [0.1, 0.15) is 53.3 Å². The SMILES string of the molecule is CC(=O)CCOCC(COCCC=O)(COCCC=O)NC(=O)CCOCCOCCOCCOCCOCCOCCOCCOCCOCCOCCOCCOCCN1C(=O)c2ccccc2C1=O. The molecule has 1 N–H and O–H groups in total. The Morgan fingerprint density at radius 2 is 0.722 bits per heavy atom. The molecule has 23 heteroatoms. The summed E-state index contributed by atoms with van der Waals surface area (Å²) in [5, 5.41) is 2.91. The maximum Gasteiger partial charge on any atom is 0.261 e. The molecule has 0 atom stereocenters. The molecule has 72 heavy (non-hydrogen) atoms. The number of aldehydes is 2. The molecule has 0 unspecified atom stereocenters. The zero-order chi connectivity index (χ0) is 51.8. The highest BCUT2D eigenvalue weighted by Gasteiger charge is 2.35. The summed E-state index contributed by atoms with van der Waals surface area (Å²) in [5.41, 5.74) is -0.244. The Bertz CT molecular complexity index is 1510. The molecule has 23 nitrogen and oxygen atoms in total. The molecule has 412 valence electrons. The minimum atomic E-state index is -1.10. The maximum atomic E-state index is 12.9. The van der Waals surface area contributed by atoms with Gasteiger partial charge in [-0.3, -0.25) is 24.1 Å². The maximum absolute atomic E-state index is 12.9. The van der Waals surface area contributed by atoms with E-state index < -0.39 is 5.54 Å². The van der Waals surface area contributed by atoms with Crippen molar-refractivity contribution in [2.45, 2.75) is 38.1 Å². The Morgan fingerprint density at radius 1 is 0.431 bits per heavy atom. The Morgan fingerprint density at radius 3 is 1.04 bits per heavy atom. The van der Waals surface area contributed by atoms with Crippen LogP contribution in [-0.4, -0.2) is 251 Å². The Balaban J connectivity index is 1.26. The third-order valence-electron chi connectivity index (χ3n) is 9.80. The zero-order valence-electron chi connectivity index (χ0n) is 42.2. The van der Waals surface area contributed by atoms with Gasteiger partial charge in [0.1, 0.15) is 23.9 Å². The van der Waals surface area contributed by atoms with E-state index in [-0.39, 0.29) is 115 Å². The van der Waals surface area contributed by atoms with Gasteiger partial charge in [0.25, 0.3) is 11.8 Å². The molecule has 0 fully saturated rings. The van der Waals surface area contributed by atoms with Crippen molar-refractivity contribution < 1.29 is 99.8 Å². The van der Waals surface area contributed by atoms with Gasteiger partial charge in [-0.15, -0.1) is 0 Å². The average Bonchev–Trinajstić information content (AvgIpc) is 3.62. The van der Waals surface area contributed by atoms with Crippen LogP contribution in [0.4, 0.5) is 0 Å². The molecule has 0 aliphatic carbocycles. The lowest BCUT2D eigenvalue weighted by molar-refractivity contribution is -0.130. The van der Waals surface area contributed by atoms with Gasteiger partial charge in [-0.2, -0.15) is 0 Å². The number of hydrogen-bond acceptors (Lipinski definition) is 21. The van der Waals surface area contributed by atoms with Crippen LogP contribution >= 0.6 is 0 Å². The highest BCUT2D eigenvalue weighted by Crippen LogP contribution is 2.22. The lowest BCUT2D eigenvalue weighted by Crippen LogP contribution is -2.58. The number of fused-ring (bicyclic) bond motifs is 1. The number of nitrogens with one attached hydrogen (secondary N) is 1. The number of amides is 3. The van der Waals surface area contributed by atoms with E-state index in [4.69, 9.17) is 71.1 Å². The molecule has 1 heterocycles. The molecule has 1 aromatic carbocycles. The second kappa shape index (κ2) is 45.8. The number of nitrogens with zero attached hydrogens (tertiary/aromatic N) is 1. The van der Waals surface area contributed by atoms with Crippen molar-refractivity contribution >= 4 is 36.1 Å². The molecule has 1 aromatic rings. The smallest absolute Gasteiger partial charge is 0.261 e. The number of Topliss-reactive ketones (excluding diaryl/α,β-unsaturated/α-hetero) is 1. The normalized spacial score (nSPS) is 12.5. The Labute approximate surface area is 423 Å². The number of rotatable bonds is 55. The zero-order valence-corrected chi connectivity index (χ0v) is 42.2. The molecule has 0 bridgehead atoms. The standard InChI is InChI=1S/C49H80N2O21/c1-43(54)8-15-72-42-49(40-70-13-4-11-52,41-71-14-5-12-53)50-46(55)9-16-58-18-20-60-22-24-62-26-28-64-30-32-66-34-36-68-38-39-69-37-35-67-33-31-65-29-27-63-25-23-61-21-19-59-17-10-51-47(56)44-6-2-3-7-45(44)48(51)57/h2-3,6-7,11-12H,4-5,8-10,13-42H2,1H3,(H,50,55). The van der Waals surface area contributed by atoms with Gasteiger partial charge >= 0.3 is 0 Å². The van der Waals surface area contributed by atoms with Crippen LogP contribution in [0.5, 0.6) is 0 Å². The van der Waals surface area contributed by atoms with Crippen LogP contribution in [0.2, 0.25) is 0 Å². The van der Waals surface area contributed by atoms with E-state index in [0.717, 1.165) is 12.6 Å². The number of carbonyl (C=O) groups is 6. The molecule has 0 saturated heterocycles. The minimum absolute atomic E-state index is 0.00402. The van der Waals surface area contributed by atoms with E-state index in [1.54, 1.807) is 24.3 Å². The molecule has 1 aliphatic heterocycles. The molecule has 3 amide bonds. The van der Waals surface area contributed by atoms with Gasteiger partial charge in [0.15, 0.2) is 0 Å². The van der Waals surface area contributed by atoms with Crippen LogP contribution < -0.4 is 5.32 Å². The van der Waals surface area contributed by atoms with Gasteiger partial charge in [-0.1, -0.05) is 12.1 Å². The Kier molecular flexibility index (Phi) is 41.0. The topological polar surface area (TPSA) is 256 Å². The number of carbonyl (C=O) groups excluding carboxylic acids is 6. The number of benzene rings is 1. The first-order valence-corrected chi connectivity index (χ1v) is 24.6. The van der Waals surface area contributed by atoms with E-state index in [1.165, 1.54) is 11.8 Å². The van der Waals surface area contributed by atoms with Crippen molar-refractivity contribution in [1.82, 2.24) is 10.2 Å². The molecule has 1 aliphatic rings. The van der Waals surface area contributed by atoms with Crippen LogP contribution in [0.25, 0.3) is 0 Å². The fourth-order valence-electron chi connectivity index (χ4n) is 6.16. The molecule has 0 radical (unpaired) electrons. The largest absolute Gasteiger partial charge is 0.379 e. The van der Waals surface area contributed by atoms with Crippen molar-refractivity contribution in [3.63, 3.8) is 0 Å². The highest BCUT2D eigenvalue weighted by molar-refractivity contribution is 6.21. The van der Waals surface area contributed by atoms with E-state index in [0.29, 0.717) is 150 Å². The molecular weight excluding hydrogens is 953 g/mol. The average molecular weight is 1030 g/mol. The number of imide groups is 1.